The summed E-state index contributed by atoms with van der Waals surface area (Å²) in [5, 5.41) is 12.5. The van der Waals surface area contributed by atoms with Crippen molar-refractivity contribution in [2.75, 3.05) is 25.5 Å². The summed E-state index contributed by atoms with van der Waals surface area (Å²) >= 11 is 13.0. The van der Waals surface area contributed by atoms with Crippen molar-refractivity contribution in [2.24, 2.45) is 0 Å². The SMILES string of the molecule is Cc1cc(C)n(C(=O)N(C)Cc2ccc(Cn3c(C4CCNCC4)nc(-c4ccc(Cl)c(Cl)c4)c3-c3ccnc(NC4CCCCC4)n3)cc2)n1. The van der Waals surface area contributed by atoms with E-state index in [1.165, 1.54) is 23.9 Å². The Bertz CT molecular complexity index is 1990. The largest absolute Gasteiger partial charge is 0.351 e. The summed E-state index contributed by atoms with van der Waals surface area (Å²) in [6.45, 7) is 6.73. The summed E-state index contributed by atoms with van der Waals surface area (Å²) in [6, 6.07) is 18.3. The zero-order chi connectivity index (χ0) is 35.5. The number of aryl methyl sites for hydroxylation is 2. The van der Waals surface area contributed by atoms with Gasteiger partial charge in [0, 0.05) is 49.6 Å². The van der Waals surface area contributed by atoms with Gasteiger partial charge in [0.15, 0.2) is 0 Å². The summed E-state index contributed by atoms with van der Waals surface area (Å²) in [5.74, 6) is 1.95. The van der Waals surface area contributed by atoms with Crippen LogP contribution in [0.2, 0.25) is 10.0 Å². The minimum atomic E-state index is -0.156. The smallest absolute Gasteiger partial charge is 0.344 e. The summed E-state index contributed by atoms with van der Waals surface area (Å²) in [6.07, 6.45) is 9.80. The van der Waals surface area contributed by atoms with Crippen LogP contribution in [-0.2, 0) is 13.1 Å². The first-order valence-electron chi connectivity index (χ1n) is 18.0. The number of carbonyl (C=O) groups is 1. The van der Waals surface area contributed by atoms with Crippen molar-refractivity contribution < 1.29 is 4.79 Å². The number of aromatic nitrogens is 6. The van der Waals surface area contributed by atoms with Crippen LogP contribution in [0.3, 0.4) is 0 Å². The zero-order valence-electron chi connectivity index (χ0n) is 29.5. The van der Waals surface area contributed by atoms with Gasteiger partial charge in [-0.3, -0.25) is 0 Å². The second-order valence-electron chi connectivity index (χ2n) is 13.9. The number of anilines is 1. The van der Waals surface area contributed by atoms with Crippen molar-refractivity contribution in [3.63, 3.8) is 0 Å². The molecule has 0 radical (unpaired) electrons. The molecular formula is C39H45Cl2N9O. The van der Waals surface area contributed by atoms with Crippen molar-refractivity contribution in [2.45, 2.75) is 83.8 Å². The highest BCUT2D eigenvalue weighted by Gasteiger charge is 2.28. The van der Waals surface area contributed by atoms with E-state index in [9.17, 15) is 4.79 Å². The molecule has 2 N–H and O–H groups in total. The second kappa shape index (κ2) is 15.6. The van der Waals surface area contributed by atoms with E-state index in [0.717, 1.165) is 89.8 Å². The molecule has 1 aliphatic heterocycles. The van der Waals surface area contributed by atoms with Crippen LogP contribution in [-0.4, -0.2) is 66.4 Å². The highest BCUT2D eigenvalue weighted by Crippen LogP contribution is 2.39. The Labute approximate surface area is 309 Å². The number of hydrogen-bond donors (Lipinski definition) is 2. The molecule has 7 rings (SSSR count). The van der Waals surface area contributed by atoms with Gasteiger partial charge in [0.1, 0.15) is 5.82 Å². The van der Waals surface area contributed by atoms with Gasteiger partial charge in [0.2, 0.25) is 5.95 Å². The number of halogens is 2. The fourth-order valence-corrected chi connectivity index (χ4v) is 7.67. The molecule has 51 heavy (non-hydrogen) atoms. The Morgan fingerprint density at radius 1 is 0.922 bits per heavy atom. The summed E-state index contributed by atoms with van der Waals surface area (Å²) in [7, 11) is 1.80. The number of piperidine rings is 1. The van der Waals surface area contributed by atoms with E-state index in [0.29, 0.717) is 35.1 Å². The average Bonchev–Trinajstić information content (AvgIpc) is 3.69. The number of benzene rings is 2. The molecule has 10 nitrogen and oxygen atoms in total. The lowest BCUT2D eigenvalue weighted by molar-refractivity contribution is 0.204. The molecular weight excluding hydrogens is 681 g/mol. The third kappa shape index (κ3) is 7.98. The first-order valence-corrected chi connectivity index (χ1v) is 18.7. The predicted molar refractivity (Wildman–Crippen MR) is 204 cm³/mol. The Balaban J connectivity index is 1.25. The normalized spacial score (nSPS) is 15.6. The molecule has 4 heterocycles. The number of nitrogens with one attached hydrogen (secondary N) is 2. The maximum Gasteiger partial charge on any atom is 0.344 e. The lowest BCUT2D eigenvalue weighted by atomic mass is 9.96. The quantitative estimate of drug-likeness (QED) is 0.157. The minimum absolute atomic E-state index is 0.156. The first-order chi connectivity index (χ1) is 24.7. The average molecular weight is 727 g/mol. The van der Waals surface area contributed by atoms with Gasteiger partial charge in [-0.25, -0.2) is 19.7 Å². The number of nitrogens with zero attached hydrogens (tertiary/aromatic N) is 7. The number of hydrogen-bond acceptors (Lipinski definition) is 7. The Hall–Kier alpha value is -4.25. The lowest BCUT2D eigenvalue weighted by Gasteiger charge is -2.24. The molecule has 0 spiro atoms. The third-order valence-corrected chi connectivity index (χ3v) is 10.8. The van der Waals surface area contributed by atoms with Gasteiger partial charge >= 0.3 is 6.03 Å². The minimum Gasteiger partial charge on any atom is -0.351 e. The van der Waals surface area contributed by atoms with Crippen LogP contribution >= 0.6 is 23.2 Å². The molecule has 12 heteroatoms. The van der Waals surface area contributed by atoms with Crippen LogP contribution in [0.15, 0.2) is 60.8 Å². The molecule has 2 fully saturated rings. The molecule has 0 unspecified atom stereocenters. The zero-order valence-corrected chi connectivity index (χ0v) is 31.0. The highest BCUT2D eigenvalue weighted by atomic mass is 35.5. The molecule has 1 saturated carbocycles. The van der Waals surface area contributed by atoms with Gasteiger partial charge in [0.05, 0.1) is 32.8 Å². The third-order valence-electron chi connectivity index (χ3n) is 10.0. The van der Waals surface area contributed by atoms with Gasteiger partial charge < -0.3 is 20.1 Å². The molecule has 0 atom stereocenters. The first kappa shape index (κ1) is 35.2. The van der Waals surface area contributed by atoms with Crippen LogP contribution in [0.1, 0.15) is 79.2 Å². The number of imidazole rings is 1. The van der Waals surface area contributed by atoms with Crippen molar-refractivity contribution >= 4 is 35.2 Å². The van der Waals surface area contributed by atoms with Gasteiger partial charge in [0.25, 0.3) is 0 Å². The van der Waals surface area contributed by atoms with E-state index >= 15 is 0 Å². The Kier molecular flexibility index (Phi) is 10.7. The Morgan fingerprint density at radius 3 is 2.37 bits per heavy atom. The van der Waals surface area contributed by atoms with E-state index in [1.807, 2.05) is 50.4 Å². The van der Waals surface area contributed by atoms with Crippen LogP contribution in [0.4, 0.5) is 10.7 Å². The molecule has 266 valence electrons. The fraction of sp³-hybridized carbons (Fsp3) is 0.410. The molecule has 2 aliphatic rings. The molecule has 2 aromatic carbocycles. The van der Waals surface area contributed by atoms with Gasteiger partial charge in [-0.2, -0.15) is 9.78 Å². The van der Waals surface area contributed by atoms with Gasteiger partial charge in [-0.05, 0) is 88.0 Å². The molecule has 1 amide bonds. The molecule has 1 aliphatic carbocycles. The van der Waals surface area contributed by atoms with Crippen LogP contribution in [0.5, 0.6) is 0 Å². The van der Waals surface area contributed by atoms with Crippen molar-refractivity contribution in [3.8, 4) is 22.6 Å². The van der Waals surface area contributed by atoms with Crippen molar-refractivity contribution in [1.82, 2.24) is 39.5 Å². The number of amides is 1. The van der Waals surface area contributed by atoms with Gasteiger partial charge in [-0.1, -0.05) is 72.8 Å². The second-order valence-corrected chi connectivity index (χ2v) is 14.8. The van der Waals surface area contributed by atoms with Crippen LogP contribution in [0, 0.1) is 13.8 Å². The fourth-order valence-electron chi connectivity index (χ4n) is 7.37. The topological polar surface area (TPSA) is 106 Å². The molecule has 0 bridgehead atoms. The van der Waals surface area contributed by atoms with Crippen LogP contribution in [0.25, 0.3) is 22.6 Å². The van der Waals surface area contributed by atoms with Gasteiger partial charge in [-0.15, -0.1) is 0 Å². The summed E-state index contributed by atoms with van der Waals surface area (Å²) in [4.78, 5) is 30.0. The maximum atomic E-state index is 13.1. The summed E-state index contributed by atoms with van der Waals surface area (Å²) in [5.41, 5.74) is 7.24. The Morgan fingerprint density at radius 2 is 1.67 bits per heavy atom. The predicted octanol–water partition coefficient (Wildman–Crippen LogP) is 8.49. The maximum absolute atomic E-state index is 13.1. The molecule has 3 aromatic heterocycles. The number of carbonyl (C=O) groups excluding carboxylic acids is 1. The number of rotatable bonds is 9. The highest BCUT2D eigenvalue weighted by molar-refractivity contribution is 6.42. The van der Waals surface area contributed by atoms with E-state index in [2.05, 4.69) is 49.5 Å². The standard InChI is InChI=1S/C39H45Cl2N9O/c1-25-21-26(2)50(47-25)39(51)48(3)23-27-9-11-28(12-10-27)24-49-36(34-17-20-43-38(45-34)44-31-7-5-4-6-8-31)35(30-13-14-32(40)33(41)22-30)46-37(49)29-15-18-42-19-16-29/h9-14,17,20-22,29,31,42H,4-8,15-16,18-19,23-24H2,1-3H3,(H,43,44,45). The summed E-state index contributed by atoms with van der Waals surface area (Å²) < 4.78 is 3.80. The molecule has 1 saturated heterocycles. The van der Waals surface area contributed by atoms with Crippen molar-refractivity contribution in [3.05, 3.63) is 99.2 Å². The lowest BCUT2D eigenvalue weighted by Crippen LogP contribution is -2.32. The van der Waals surface area contributed by atoms with E-state index < -0.39 is 0 Å². The molecule has 5 aromatic rings. The van der Waals surface area contributed by atoms with E-state index in [4.69, 9.17) is 33.2 Å². The monoisotopic (exact) mass is 725 g/mol. The van der Waals surface area contributed by atoms with E-state index in [1.54, 1.807) is 11.9 Å². The van der Waals surface area contributed by atoms with Crippen LogP contribution < -0.4 is 10.6 Å². The van der Waals surface area contributed by atoms with E-state index in [-0.39, 0.29) is 11.9 Å². The van der Waals surface area contributed by atoms with Crippen molar-refractivity contribution in [1.29, 1.82) is 0 Å².